The van der Waals surface area contributed by atoms with Crippen LogP contribution in [0.5, 0.6) is 0 Å². The summed E-state index contributed by atoms with van der Waals surface area (Å²) in [4.78, 5) is 33.4. The van der Waals surface area contributed by atoms with Crippen LogP contribution in [-0.4, -0.2) is 48.4 Å². The number of benzene rings is 2. The number of para-hydroxylation sites is 1. The van der Waals surface area contributed by atoms with Crippen LogP contribution in [0.15, 0.2) is 60.9 Å². The maximum Gasteiger partial charge on any atom is 0.242 e. The van der Waals surface area contributed by atoms with Crippen LogP contribution in [0.2, 0.25) is 0 Å². The number of carbonyl (C=O) groups excluding carboxylic acids is 1. The van der Waals surface area contributed by atoms with Crippen LogP contribution in [0.1, 0.15) is 31.4 Å². The summed E-state index contributed by atoms with van der Waals surface area (Å²) in [6, 6.07) is 16.3. The van der Waals surface area contributed by atoms with E-state index < -0.39 is 0 Å². The zero-order valence-corrected chi connectivity index (χ0v) is 20.9. The third-order valence-electron chi connectivity index (χ3n) is 7.79. The second-order valence-electron chi connectivity index (χ2n) is 9.97. The predicted molar refractivity (Wildman–Crippen MR) is 147 cm³/mol. The minimum absolute atomic E-state index is 0.191. The van der Waals surface area contributed by atoms with Gasteiger partial charge in [-0.2, -0.15) is 0 Å². The highest BCUT2D eigenvalue weighted by atomic mass is 16.2. The molecular formula is C30H28N6O. The number of pyridine rings is 2. The molecule has 37 heavy (non-hydrogen) atoms. The molecule has 1 saturated heterocycles. The number of rotatable bonds is 3. The van der Waals surface area contributed by atoms with Gasteiger partial charge >= 0.3 is 0 Å². The van der Waals surface area contributed by atoms with E-state index >= 15 is 0 Å². The summed E-state index contributed by atoms with van der Waals surface area (Å²) in [7, 11) is 0. The van der Waals surface area contributed by atoms with E-state index in [4.69, 9.17) is 4.98 Å². The topological polar surface area (TPSA) is 79.7 Å². The average Bonchev–Trinajstić information content (AvgIpc) is 3.35. The molecule has 0 saturated carbocycles. The minimum atomic E-state index is 0.191. The zero-order valence-electron chi connectivity index (χ0n) is 20.9. The van der Waals surface area contributed by atoms with Crippen LogP contribution in [0.3, 0.4) is 0 Å². The Morgan fingerprint density at radius 2 is 1.51 bits per heavy atom. The van der Waals surface area contributed by atoms with Crippen LogP contribution in [-0.2, 0) is 11.3 Å². The molecule has 0 unspecified atom stereocenters. The molecular weight excluding hydrogens is 460 g/mol. The van der Waals surface area contributed by atoms with Gasteiger partial charge < -0.3 is 14.5 Å². The van der Waals surface area contributed by atoms with Crippen LogP contribution < -0.4 is 0 Å². The van der Waals surface area contributed by atoms with E-state index in [9.17, 15) is 4.79 Å². The summed E-state index contributed by atoms with van der Waals surface area (Å²) in [6.45, 7) is 4.15. The van der Waals surface area contributed by atoms with Crippen molar-refractivity contribution in [3.05, 3.63) is 66.6 Å². The number of nitrogens with one attached hydrogen (secondary N) is 1. The van der Waals surface area contributed by atoms with E-state index in [1.807, 2.05) is 29.2 Å². The Balaban J connectivity index is 1.42. The summed E-state index contributed by atoms with van der Waals surface area (Å²) < 4.78 is 2.16. The SMILES string of the molecule is Cc1c(-c2nc3c4cccnc4c4ncccc4c3[nH]2)c2ccccc2n1CC(=O)N1CCCCCC1. The van der Waals surface area contributed by atoms with Gasteiger partial charge in [0.1, 0.15) is 12.4 Å². The number of likely N-dealkylation sites (tertiary alicyclic amines) is 1. The van der Waals surface area contributed by atoms with Crippen molar-refractivity contribution in [3.8, 4) is 11.4 Å². The van der Waals surface area contributed by atoms with Gasteiger partial charge in [0.15, 0.2) is 0 Å². The summed E-state index contributed by atoms with van der Waals surface area (Å²) in [5, 5.41) is 3.07. The van der Waals surface area contributed by atoms with Gasteiger partial charge in [0.2, 0.25) is 5.91 Å². The van der Waals surface area contributed by atoms with E-state index in [1.165, 1.54) is 12.8 Å². The van der Waals surface area contributed by atoms with Gasteiger partial charge in [-0.1, -0.05) is 31.0 Å². The van der Waals surface area contributed by atoms with Gasteiger partial charge in [0.25, 0.3) is 0 Å². The largest absolute Gasteiger partial charge is 0.341 e. The first kappa shape index (κ1) is 22.0. The van der Waals surface area contributed by atoms with Crippen molar-refractivity contribution in [3.63, 3.8) is 0 Å². The number of aromatic amines is 1. The Morgan fingerprint density at radius 1 is 0.838 bits per heavy atom. The molecule has 0 bridgehead atoms. The maximum absolute atomic E-state index is 13.4. The summed E-state index contributed by atoms with van der Waals surface area (Å²) in [5.41, 5.74) is 6.68. The molecule has 2 aromatic carbocycles. The highest BCUT2D eigenvalue weighted by Gasteiger charge is 2.23. The normalized spacial score (nSPS) is 14.7. The number of aromatic nitrogens is 5. The molecule has 184 valence electrons. The number of hydrogen-bond donors (Lipinski definition) is 1. The van der Waals surface area contributed by atoms with E-state index in [2.05, 4.69) is 50.7 Å². The first-order valence-electron chi connectivity index (χ1n) is 13.1. The van der Waals surface area contributed by atoms with Crippen LogP contribution in [0.4, 0.5) is 0 Å². The monoisotopic (exact) mass is 488 g/mol. The number of fused-ring (bicyclic) bond motifs is 7. The third-order valence-corrected chi connectivity index (χ3v) is 7.79. The summed E-state index contributed by atoms with van der Waals surface area (Å²) in [5.74, 6) is 0.988. The Bertz CT molecular complexity index is 1730. The smallest absolute Gasteiger partial charge is 0.242 e. The van der Waals surface area contributed by atoms with E-state index in [0.29, 0.717) is 6.54 Å². The van der Waals surface area contributed by atoms with Crippen molar-refractivity contribution >= 4 is 49.6 Å². The molecule has 0 radical (unpaired) electrons. The molecule has 4 aromatic heterocycles. The van der Waals surface area contributed by atoms with Crippen molar-refractivity contribution in [1.29, 1.82) is 0 Å². The Kier molecular flexibility index (Phi) is 5.16. The van der Waals surface area contributed by atoms with Gasteiger partial charge in [0.05, 0.1) is 22.1 Å². The fourth-order valence-electron chi connectivity index (χ4n) is 5.95. The van der Waals surface area contributed by atoms with Crippen molar-refractivity contribution < 1.29 is 4.79 Å². The van der Waals surface area contributed by atoms with Crippen molar-refractivity contribution in [2.75, 3.05) is 13.1 Å². The molecule has 5 heterocycles. The Hall–Kier alpha value is -4.26. The standard InChI is InChI=1S/C30H28N6O/c1-19-25(20-10-4-5-13-23(20)36(19)18-24(37)35-16-6-2-3-7-17-35)30-33-28-21-11-8-14-31-26(21)27-22(29(28)34-30)12-9-15-32-27/h4-5,8-15H,2-3,6-7,16-18H2,1H3,(H,33,34). The van der Waals surface area contributed by atoms with E-state index in [-0.39, 0.29) is 5.91 Å². The molecule has 7 heteroatoms. The van der Waals surface area contributed by atoms with Crippen LogP contribution in [0.25, 0.3) is 55.1 Å². The lowest BCUT2D eigenvalue weighted by Crippen LogP contribution is -2.34. The first-order valence-corrected chi connectivity index (χ1v) is 13.1. The van der Waals surface area contributed by atoms with Gasteiger partial charge in [0, 0.05) is 58.4 Å². The van der Waals surface area contributed by atoms with Crippen LogP contribution >= 0.6 is 0 Å². The fourth-order valence-corrected chi connectivity index (χ4v) is 5.95. The quantitative estimate of drug-likeness (QED) is 0.310. The van der Waals surface area contributed by atoms with E-state index in [1.54, 1.807) is 12.4 Å². The number of amides is 1. The average molecular weight is 489 g/mol. The predicted octanol–water partition coefficient (Wildman–Crippen LogP) is 5.99. The molecule has 7 nitrogen and oxygen atoms in total. The van der Waals surface area contributed by atoms with E-state index in [0.717, 1.165) is 86.8 Å². The zero-order chi connectivity index (χ0) is 24.9. The van der Waals surface area contributed by atoms with Crippen molar-refractivity contribution in [1.82, 2.24) is 29.4 Å². The van der Waals surface area contributed by atoms with Crippen molar-refractivity contribution in [2.24, 2.45) is 0 Å². The highest BCUT2D eigenvalue weighted by molar-refractivity contribution is 6.21. The lowest BCUT2D eigenvalue weighted by molar-refractivity contribution is -0.131. The maximum atomic E-state index is 13.4. The molecule has 1 aliphatic heterocycles. The number of hydrogen-bond acceptors (Lipinski definition) is 4. The number of H-pyrrole nitrogens is 1. The third kappa shape index (κ3) is 3.49. The molecule has 7 rings (SSSR count). The molecule has 1 fully saturated rings. The Morgan fingerprint density at radius 3 is 2.30 bits per heavy atom. The second kappa shape index (κ2) is 8.69. The molecule has 1 N–H and O–H groups in total. The minimum Gasteiger partial charge on any atom is -0.341 e. The van der Waals surface area contributed by atoms with Gasteiger partial charge in [-0.05, 0) is 50.1 Å². The highest BCUT2D eigenvalue weighted by Crippen LogP contribution is 2.37. The first-order chi connectivity index (χ1) is 18.2. The summed E-state index contributed by atoms with van der Waals surface area (Å²) in [6.07, 6.45) is 8.20. The molecule has 0 aliphatic carbocycles. The fraction of sp³-hybridized carbons (Fsp3) is 0.267. The molecule has 1 aliphatic rings. The number of imidazole rings is 1. The molecule has 0 spiro atoms. The number of nitrogens with zero attached hydrogens (tertiary/aromatic N) is 5. The number of carbonyl (C=O) groups is 1. The van der Waals surface area contributed by atoms with Crippen LogP contribution in [0, 0.1) is 6.92 Å². The van der Waals surface area contributed by atoms with Gasteiger partial charge in [-0.15, -0.1) is 0 Å². The lowest BCUT2D eigenvalue weighted by atomic mass is 10.1. The second-order valence-corrected chi connectivity index (χ2v) is 9.97. The van der Waals surface area contributed by atoms with Crippen molar-refractivity contribution in [2.45, 2.75) is 39.2 Å². The molecule has 0 atom stereocenters. The Labute approximate surface area is 214 Å². The summed E-state index contributed by atoms with van der Waals surface area (Å²) >= 11 is 0. The lowest BCUT2D eigenvalue weighted by Gasteiger charge is -2.21. The molecule has 6 aromatic rings. The van der Waals surface area contributed by atoms with Gasteiger partial charge in [-0.3, -0.25) is 14.8 Å². The molecule has 1 amide bonds. The van der Waals surface area contributed by atoms with Gasteiger partial charge in [-0.25, -0.2) is 4.98 Å².